The quantitative estimate of drug-likeness (QED) is 0.598. The molecule has 0 aliphatic rings. The van der Waals surface area contributed by atoms with Gasteiger partial charge in [-0.25, -0.2) is 0 Å². The zero-order chi connectivity index (χ0) is 15.8. The van der Waals surface area contributed by atoms with Gasteiger partial charge in [0.1, 0.15) is 0 Å². The number of aromatic amines is 1. The highest BCUT2D eigenvalue weighted by atomic mass is 35.5. The van der Waals surface area contributed by atoms with Gasteiger partial charge in [0, 0.05) is 39.1 Å². The monoisotopic (exact) mass is 325 g/mol. The van der Waals surface area contributed by atoms with E-state index >= 15 is 0 Å². The van der Waals surface area contributed by atoms with Crippen molar-refractivity contribution in [1.29, 1.82) is 0 Å². The maximum absolute atomic E-state index is 12.2. The van der Waals surface area contributed by atoms with Crippen LogP contribution in [0.25, 0.3) is 21.9 Å². The second-order valence-electron chi connectivity index (χ2n) is 5.29. The Kier molecular flexibility index (Phi) is 3.28. The fraction of sp³-hybridized carbons (Fsp3) is 0.0588. The molecule has 2 heterocycles. The Labute approximate surface area is 135 Å². The molecular weight excluding hydrogens is 314 g/mol. The lowest BCUT2D eigenvalue weighted by atomic mass is 10.1. The zero-order valence-electron chi connectivity index (χ0n) is 12.0. The number of nitrogens with zero attached hydrogens (tertiary/aromatic N) is 1. The Hall–Kier alpha value is -2.79. The van der Waals surface area contributed by atoms with Crippen molar-refractivity contribution < 1.29 is 4.52 Å². The molecule has 0 saturated heterocycles. The smallest absolute Gasteiger partial charge is 0.253 e. The third-order valence-corrected chi connectivity index (χ3v) is 3.95. The van der Waals surface area contributed by atoms with E-state index in [0.717, 1.165) is 27.6 Å². The van der Waals surface area contributed by atoms with Gasteiger partial charge in [0.15, 0.2) is 5.58 Å². The first-order valence-corrected chi connectivity index (χ1v) is 7.47. The van der Waals surface area contributed by atoms with E-state index in [9.17, 15) is 4.79 Å². The molecule has 4 rings (SSSR count). The Morgan fingerprint density at radius 2 is 2.04 bits per heavy atom. The largest absolute Gasteiger partial charge is 0.381 e. The van der Waals surface area contributed by atoms with E-state index in [0.29, 0.717) is 17.1 Å². The number of rotatable bonds is 3. The molecule has 0 bridgehead atoms. The number of anilines is 1. The molecule has 4 aromatic rings. The van der Waals surface area contributed by atoms with E-state index in [2.05, 4.69) is 15.5 Å². The van der Waals surface area contributed by atoms with Crippen LogP contribution in [0.4, 0.5) is 5.69 Å². The van der Waals surface area contributed by atoms with Crippen LogP contribution in [0.15, 0.2) is 58.0 Å². The highest BCUT2D eigenvalue weighted by Gasteiger charge is 2.05. The highest BCUT2D eigenvalue weighted by Crippen LogP contribution is 2.20. The number of aromatic nitrogens is 2. The van der Waals surface area contributed by atoms with Crippen LogP contribution in [0, 0.1) is 0 Å². The Morgan fingerprint density at radius 3 is 2.96 bits per heavy atom. The van der Waals surface area contributed by atoms with Gasteiger partial charge in [-0.3, -0.25) is 4.79 Å². The van der Waals surface area contributed by atoms with Crippen LogP contribution in [-0.2, 0) is 6.54 Å². The molecule has 0 amide bonds. The molecule has 6 heteroatoms. The van der Waals surface area contributed by atoms with Gasteiger partial charge in [0.2, 0.25) is 0 Å². The lowest BCUT2D eigenvalue weighted by Gasteiger charge is -2.07. The van der Waals surface area contributed by atoms with Gasteiger partial charge >= 0.3 is 0 Å². The van der Waals surface area contributed by atoms with Gasteiger partial charge in [0.25, 0.3) is 5.56 Å². The lowest BCUT2D eigenvalue weighted by molar-refractivity contribution is 0.456. The van der Waals surface area contributed by atoms with Crippen molar-refractivity contribution in [2.45, 2.75) is 6.54 Å². The molecule has 0 fully saturated rings. The van der Waals surface area contributed by atoms with Crippen LogP contribution in [-0.4, -0.2) is 10.1 Å². The molecule has 2 N–H and O–H groups in total. The molecule has 2 aromatic carbocycles. The first kappa shape index (κ1) is 13.8. The maximum Gasteiger partial charge on any atom is 0.253 e. The number of hydrogen-bond donors (Lipinski definition) is 2. The normalized spacial score (nSPS) is 11.2. The van der Waals surface area contributed by atoms with E-state index in [1.54, 1.807) is 18.3 Å². The molecule has 114 valence electrons. The summed E-state index contributed by atoms with van der Waals surface area (Å²) in [5.41, 5.74) is 2.93. The predicted octanol–water partition coefficient (Wildman–Crippen LogP) is 3.93. The SMILES string of the molecule is O=c1[nH]c2ccc(Cl)cc2cc1CNc1ccc2oncc2c1. The van der Waals surface area contributed by atoms with Crippen LogP contribution in [0.5, 0.6) is 0 Å². The number of hydrogen-bond acceptors (Lipinski definition) is 4. The number of nitrogens with one attached hydrogen (secondary N) is 2. The van der Waals surface area contributed by atoms with E-state index < -0.39 is 0 Å². The average molecular weight is 326 g/mol. The Morgan fingerprint density at radius 1 is 1.13 bits per heavy atom. The molecule has 0 spiro atoms. The number of halogens is 1. The molecule has 0 saturated carbocycles. The summed E-state index contributed by atoms with van der Waals surface area (Å²) in [7, 11) is 0. The van der Waals surface area contributed by atoms with Crippen molar-refractivity contribution in [3.8, 4) is 0 Å². The number of benzene rings is 2. The summed E-state index contributed by atoms with van der Waals surface area (Å²) in [6.07, 6.45) is 1.66. The minimum absolute atomic E-state index is 0.113. The number of fused-ring (bicyclic) bond motifs is 2. The highest BCUT2D eigenvalue weighted by molar-refractivity contribution is 6.31. The van der Waals surface area contributed by atoms with Crippen LogP contribution < -0.4 is 10.9 Å². The summed E-state index contributed by atoms with van der Waals surface area (Å²) in [6, 6.07) is 12.9. The first-order chi connectivity index (χ1) is 11.2. The predicted molar refractivity (Wildman–Crippen MR) is 90.9 cm³/mol. The third-order valence-electron chi connectivity index (χ3n) is 3.72. The van der Waals surface area contributed by atoms with E-state index in [1.807, 2.05) is 30.3 Å². The summed E-state index contributed by atoms with van der Waals surface area (Å²) >= 11 is 6.01. The summed E-state index contributed by atoms with van der Waals surface area (Å²) in [6.45, 7) is 0.411. The molecule has 2 aromatic heterocycles. The van der Waals surface area contributed by atoms with E-state index in [4.69, 9.17) is 16.1 Å². The summed E-state index contributed by atoms with van der Waals surface area (Å²) in [5, 5.41) is 9.44. The molecule has 0 aliphatic carbocycles. The molecule has 0 radical (unpaired) electrons. The van der Waals surface area contributed by atoms with Gasteiger partial charge < -0.3 is 14.8 Å². The van der Waals surface area contributed by atoms with Crippen molar-refractivity contribution in [3.05, 3.63) is 69.6 Å². The van der Waals surface area contributed by atoms with Crippen molar-refractivity contribution in [1.82, 2.24) is 10.1 Å². The third kappa shape index (κ3) is 2.66. The second kappa shape index (κ2) is 5.44. The van der Waals surface area contributed by atoms with Crippen molar-refractivity contribution in [2.75, 3.05) is 5.32 Å². The molecule has 0 aliphatic heterocycles. The Balaban J connectivity index is 1.63. The summed E-state index contributed by atoms with van der Waals surface area (Å²) < 4.78 is 5.07. The van der Waals surface area contributed by atoms with Crippen LogP contribution >= 0.6 is 11.6 Å². The van der Waals surface area contributed by atoms with Crippen LogP contribution in [0.2, 0.25) is 5.02 Å². The van der Waals surface area contributed by atoms with E-state index in [-0.39, 0.29) is 5.56 Å². The number of H-pyrrole nitrogens is 1. The molecule has 0 unspecified atom stereocenters. The van der Waals surface area contributed by atoms with Gasteiger partial charge in [-0.05, 0) is 42.5 Å². The van der Waals surface area contributed by atoms with Gasteiger partial charge in [-0.15, -0.1) is 0 Å². The van der Waals surface area contributed by atoms with E-state index in [1.165, 1.54) is 0 Å². The van der Waals surface area contributed by atoms with Gasteiger partial charge in [-0.2, -0.15) is 0 Å². The standard InChI is InChI=1S/C17H12ClN3O2/c18-13-1-3-15-10(6-13)5-12(17(22)21-15)8-19-14-2-4-16-11(7-14)9-20-23-16/h1-7,9,19H,8H2,(H,21,22). The molecule has 5 nitrogen and oxygen atoms in total. The Bertz CT molecular complexity index is 1070. The minimum atomic E-state index is -0.113. The fourth-order valence-electron chi connectivity index (χ4n) is 2.53. The molecular formula is C17H12ClN3O2. The first-order valence-electron chi connectivity index (χ1n) is 7.09. The summed E-state index contributed by atoms with van der Waals surface area (Å²) in [5.74, 6) is 0. The second-order valence-corrected chi connectivity index (χ2v) is 5.72. The van der Waals surface area contributed by atoms with Crippen molar-refractivity contribution in [3.63, 3.8) is 0 Å². The molecule has 0 atom stereocenters. The van der Waals surface area contributed by atoms with Gasteiger partial charge in [-0.1, -0.05) is 16.8 Å². The van der Waals surface area contributed by atoms with Gasteiger partial charge in [0.05, 0.1) is 6.20 Å². The minimum Gasteiger partial charge on any atom is -0.381 e. The van der Waals surface area contributed by atoms with Crippen molar-refractivity contribution in [2.24, 2.45) is 0 Å². The van der Waals surface area contributed by atoms with Crippen LogP contribution in [0.3, 0.4) is 0 Å². The average Bonchev–Trinajstić information content (AvgIpc) is 3.01. The number of pyridine rings is 1. The topological polar surface area (TPSA) is 70.9 Å². The summed E-state index contributed by atoms with van der Waals surface area (Å²) in [4.78, 5) is 15.0. The fourth-order valence-corrected chi connectivity index (χ4v) is 2.71. The molecule has 23 heavy (non-hydrogen) atoms. The van der Waals surface area contributed by atoms with Crippen molar-refractivity contribution >= 4 is 39.2 Å². The zero-order valence-corrected chi connectivity index (χ0v) is 12.7. The lowest BCUT2D eigenvalue weighted by Crippen LogP contribution is -2.15. The van der Waals surface area contributed by atoms with Crippen LogP contribution in [0.1, 0.15) is 5.56 Å². The maximum atomic E-state index is 12.2.